The van der Waals surface area contributed by atoms with Crippen molar-refractivity contribution in [1.29, 1.82) is 0 Å². The number of rotatable bonds is 6. The number of likely N-dealkylation sites (tertiary alicyclic amines) is 1. The maximum absolute atomic E-state index is 12.8. The van der Waals surface area contributed by atoms with Crippen LogP contribution in [0.3, 0.4) is 0 Å². The molecule has 4 rings (SSSR count). The van der Waals surface area contributed by atoms with E-state index in [4.69, 9.17) is 9.47 Å². The number of hydrogen-bond acceptors (Lipinski definition) is 4. The zero-order valence-electron chi connectivity index (χ0n) is 16.8. The second-order valence-electron chi connectivity index (χ2n) is 8.78. The first-order valence-corrected chi connectivity index (χ1v) is 10.6. The van der Waals surface area contributed by atoms with Gasteiger partial charge in [-0.1, -0.05) is 0 Å². The first-order valence-electron chi connectivity index (χ1n) is 10.6. The molecule has 6 heteroatoms. The summed E-state index contributed by atoms with van der Waals surface area (Å²) in [5.74, 6) is 1.63. The molecule has 1 unspecified atom stereocenters. The first kappa shape index (κ1) is 18.9. The average molecular weight is 376 g/mol. The Morgan fingerprint density at radius 3 is 2.74 bits per heavy atom. The summed E-state index contributed by atoms with van der Waals surface area (Å²) in [5.41, 5.74) is 1.54. The van der Waals surface area contributed by atoms with E-state index < -0.39 is 0 Å². The van der Waals surface area contributed by atoms with Crippen LogP contribution in [0.15, 0.2) is 6.07 Å². The highest BCUT2D eigenvalue weighted by Crippen LogP contribution is 2.39. The van der Waals surface area contributed by atoms with E-state index in [1.165, 1.54) is 12.8 Å². The molecule has 6 nitrogen and oxygen atoms in total. The van der Waals surface area contributed by atoms with Gasteiger partial charge in [0.1, 0.15) is 5.69 Å². The molecule has 1 aliphatic carbocycles. The Kier molecular flexibility index (Phi) is 5.55. The minimum Gasteiger partial charge on any atom is -0.381 e. The predicted octanol–water partition coefficient (Wildman–Crippen LogP) is 2.95. The van der Waals surface area contributed by atoms with E-state index in [9.17, 15) is 4.79 Å². The van der Waals surface area contributed by atoms with Gasteiger partial charge in [-0.25, -0.2) is 0 Å². The molecule has 1 aromatic rings. The zero-order valence-corrected chi connectivity index (χ0v) is 16.8. The van der Waals surface area contributed by atoms with Crippen LogP contribution in [0.4, 0.5) is 0 Å². The molecule has 0 aromatic carbocycles. The van der Waals surface area contributed by atoms with Gasteiger partial charge in [0.25, 0.3) is 5.91 Å². The van der Waals surface area contributed by atoms with E-state index in [1.807, 2.05) is 24.9 Å². The summed E-state index contributed by atoms with van der Waals surface area (Å²) < 4.78 is 13.8. The molecule has 1 saturated carbocycles. The quantitative estimate of drug-likeness (QED) is 0.718. The molecule has 1 amide bonds. The van der Waals surface area contributed by atoms with Crippen molar-refractivity contribution in [1.82, 2.24) is 14.7 Å². The number of hydrogen-bond donors (Lipinski definition) is 0. The highest BCUT2D eigenvalue weighted by molar-refractivity contribution is 5.92. The molecule has 0 bridgehead atoms. The molecule has 0 N–H and O–H groups in total. The molecule has 150 valence electrons. The van der Waals surface area contributed by atoms with Crippen LogP contribution in [0, 0.1) is 18.8 Å². The molecular weight excluding hydrogens is 342 g/mol. The summed E-state index contributed by atoms with van der Waals surface area (Å²) in [6.07, 6.45) is 8.00. The van der Waals surface area contributed by atoms with Gasteiger partial charge in [-0.15, -0.1) is 0 Å². The molecule has 3 heterocycles. The lowest BCUT2D eigenvalue weighted by Crippen LogP contribution is -2.51. The highest BCUT2D eigenvalue weighted by Gasteiger charge is 2.41. The summed E-state index contributed by atoms with van der Waals surface area (Å²) in [7, 11) is 1.84. The molecule has 1 spiro atoms. The number of piperidine rings is 1. The molecule has 27 heavy (non-hydrogen) atoms. The lowest BCUT2D eigenvalue weighted by Gasteiger charge is -2.46. The standard InChI is InChI=1S/C21H33N3O3/c1-16-13-19(23(2)22-16)20(25)24-9-7-21(8-10-24)14-17(6-12-27-21)5-11-26-15-18-3-4-18/h13,17-18H,3-12,14-15H2,1-2H3. The molecule has 2 aliphatic heterocycles. The van der Waals surface area contributed by atoms with Crippen LogP contribution in [0.1, 0.15) is 61.1 Å². The van der Waals surface area contributed by atoms with Gasteiger partial charge < -0.3 is 14.4 Å². The molecular formula is C21H33N3O3. The molecule has 3 fully saturated rings. The summed E-state index contributed by atoms with van der Waals surface area (Å²) in [5, 5.41) is 4.30. The Hall–Kier alpha value is -1.40. The van der Waals surface area contributed by atoms with Crippen LogP contribution in [-0.4, -0.2) is 59.1 Å². The largest absolute Gasteiger partial charge is 0.381 e. The maximum Gasteiger partial charge on any atom is 0.272 e. The Bertz CT molecular complexity index is 660. The summed E-state index contributed by atoms with van der Waals surface area (Å²) >= 11 is 0. The Labute approximate surface area is 162 Å². The molecule has 1 aromatic heterocycles. The molecule has 1 atom stereocenters. The van der Waals surface area contributed by atoms with Gasteiger partial charge in [-0.2, -0.15) is 5.10 Å². The second kappa shape index (κ2) is 7.92. The number of aryl methyl sites for hydroxylation is 2. The van der Waals surface area contributed by atoms with Gasteiger partial charge in [0.15, 0.2) is 0 Å². The zero-order chi connectivity index (χ0) is 18.9. The third kappa shape index (κ3) is 4.54. The van der Waals surface area contributed by atoms with Crippen LogP contribution in [0.2, 0.25) is 0 Å². The topological polar surface area (TPSA) is 56.6 Å². The van der Waals surface area contributed by atoms with Crippen molar-refractivity contribution in [2.75, 3.05) is 32.9 Å². The van der Waals surface area contributed by atoms with Crippen molar-refractivity contribution in [2.45, 2.75) is 57.5 Å². The van der Waals surface area contributed by atoms with Gasteiger partial charge in [0, 0.05) is 40.0 Å². The Morgan fingerprint density at radius 2 is 2.07 bits per heavy atom. The second-order valence-corrected chi connectivity index (χ2v) is 8.78. The van der Waals surface area contributed by atoms with Crippen LogP contribution >= 0.6 is 0 Å². The fourth-order valence-electron chi connectivity index (χ4n) is 4.60. The van der Waals surface area contributed by atoms with Gasteiger partial charge in [0.05, 0.1) is 11.3 Å². The highest BCUT2D eigenvalue weighted by atomic mass is 16.5. The number of ether oxygens (including phenoxy) is 2. The van der Waals surface area contributed by atoms with Crippen molar-refractivity contribution < 1.29 is 14.3 Å². The van der Waals surface area contributed by atoms with Gasteiger partial charge >= 0.3 is 0 Å². The van der Waals surface area contributed by atoms with Crippen molar-refractivity contribution >= 4 is 5.91 Å². The smallest absolute Gasteiger partial charge is 0.272 e. The number of carbonyl (C=O) groups excluding carboxylic acids is 1. The summed E-state index contributed by atoms with van der Waals surface area (Å²) in [6.45, 7) is 6.16. The summed E-state index contributed by atoms with van der Waals surface area (Å²) in [4.78, 5) is 14.8. The van der Waals surface area contributed by atoms with E-state index >= 15 is 0 Å². The minimum absolute atomic E-state index is 0.0292. The van der Waals surface area contributed by atoms with Gasteiger partial charge in [-0.3, -0.25) is 9.48 Å². The maximum atomic E-state index is 12.8. The van der Waals surface area contributed by atoms with Crippen LogP contribution < -0.4 is 0 Å². The normalized spacial score (nSPS) is 25.1. The van der Waals surface area contributed by atoms with Crippen LogP contribution in [0.25, 0.3) is 0 Å². The van der Waals surface area contributed by atoms with E-state index in [0.717, 1.165) is 76.6 Å². The van der Waals surface area contributed by atoms with E-state index in [0.29, 0.717) is 11.6 Å². The van der Waals surface area contributed by atoms with E-state index in [-0.39, 0.29) is 11.5 Å². The van der Waals surface area contributed by atoms with Crippen molar-refractivity contribution in [3.63, 3.8) is 0 Å². The van der Waals surface area contributed by atoms with Crippen molar-refractivity contribution in [3.05, 3.63) is 17.5 Å². The average Bonchev–Trinajstić information content (AvgIpc) is 3.42. The molecule has 2 saturated heterocycles. The molecule has 3 aliphatic rings. The van der Waals surface area contributed by atoms with E-state index in [1.54, 1.807) is 4.68 Å². The minimum atomic E-state index is -0.0292. The number of aromatic nitrogens is 2. The SMILES string of the molecule is Cc1cc(C(=O)N2CCC3(CC2)CC(CCOCC2CC2)CCO3)n(C)n1. The van der Waals surface area contributed by atoms with E-state index in [2.05, 4.69) is 5.10 Å². The third-order valence-electron chi connectivity index (χ3n) is 6.50. The monoisotopic (exact) mass is 375 g/mol. The van der Waals surface area contributed by atoms with Crippen LogP contribution in [0.5, 0.6) is 0 Å². The predicted molar refractivity (Wildman–Crippen MR) is 103 cm³/mol. The van der Waals surface area contributed by atoms with Crippen LogP contribution in [-0.2, 0) is 16.5 Å². The fourth-order valence-corrected chi connectivity index (χ4v) is 4.60. The first-order chi connectivity index (χ1) is 13.0. The van der Waals surface area contributed by atoms with Gasteiger partial charge in [-0.05, 0) is 69.8 Å². The number of nitrogens with zero attached hydrogens (tertiary/aromatic N) is 3. The van der Waals surface area contributed by atoms with Crippen molar-refractivity contribution in [3.8, 4) is 0 Å². The fraction of sp³-hybridized carbons (Fsp3) is 0.810. The lowest BCUT2D eigenvalue weighted by molar-refractivity contribution is -0.126. The Morgan fingerprint density at radius 1 is 1.30 bits per heavy atom. The number of amides is 1. The lowest BCUT2D eigenvalue weighted by atomic mass is 9.78. The summed E-state index contributed by atoms with van der Waals surface area (Å²) in [6, 6.07) is 1.88. The van der Waals surface area contributed by atoms with Gasteiger partial charge in [0.2, 0.25) is 0 Å². The number of carbonyl (C=O) groups is 1. The Balaban J connectivity index is 1.26. The third-order valence-corrected chi connectivity index (χ3v) is 6.50. The molecule has 0 radical (unpaired) electrons. The van der Waals surface area contributed by atoms with Crippen molar-refractivity contribution in [2.24, 2.45) is 18.9 Å².